The number of rotatable bonds is 3. The predicted octanol–water partition coefficient (Wildman–Crippen LogP) is 4.51. The minimum absolute atomic E-state index is 0.0445. The van der Waals surface area contributed by atoms with Crippen molar-refractivity contribution in [1.29, 1.82) is 0 Å². The third-order valence-corrected chi connectivity index (χ3v) is 9.33. The second-order valence-electron chi connectivity index (χ2n) is 9.01. The van der Waals surface area contributed by atoms with Gasteiger partial charge in [0.15, 0.2) is 9.59 Å². The Kier molecular flexibility index (Phi) is 4.94. The van der Waals surface area contributed by atoms with E-state index < -0.39 is 20.7 Å². The highest BCUT2D eigenvalue weighted by Crippen LogP contribution is 2.43. The molecule has 172 valence electrons. The first-order valence-electron chi connectivity index (χ1n) is 11.7. The van der Waals surface area contributed by atoms with Gasteiger partial charge in [0, 0.05) is 60.5 Å². The van der Waals surface area contributed by atoms with E-state index in [4.69, 9.17) is 9.97 Å². The number of allylic oxidation sites excluding steroid dienone is 1. The molecule has 7 nitrogen and oxygen atoms in total. The Morgan fingerprint density at radius 2 is 1.94 bits per heavy atom. The number of halogens is 2. The molecule has 6 heterocycles. The van der Waals surface area contributed by atoms with E-state index in [0.717, 1.165) is 68.8 Å². The monoisotopic (exact) mass is 567 g/mol. The molecule has 2 fully saturated rings. The summed E-state index contributed by atoms with van der Waals surface area (Å²) in [6, 6.07) is 1.98. The highest BCUT2D eigenvalue weighted by Gasteiger charge is 2.27. The molecular formula is C25H23FIN7. The van der Waals surface area contributed by atoms with Crippen LogP contribution in [0.3, 0.4) is 0 Å². The molecule has 4 aromatic heterocycles. The summed E-state index contributed by atoms with van der Waals surface area (Å²) in [5.41, 5.74) is 4.86. The Morgan fingerprint density at radius 1 is 1.06 bits per heavy atom. The smallest absolute Gasteiger partial charge is 0.163 e. The van der Waals surface area contributed by atoms with Crippen LogP contribution >= 0.6 is 20.7 Å². The molecule has 0 radical (unpaired) electrons. The summed E-state index contributed by atoms with van der Waals surface area (Å²) in [5, 5.41) is 5.56. The molecule has 0 spiro atoms. The van der Waals surface area contributed by atoms with Crippen LogP contribution in [0.2, 0.25) is 0 Å². The van der Waals surface area contributed by atoms with Gasteiger partial charge in [0.05, 0.1) is 15.4 Å². The fraction of sp³-hybridized carbons (Fsp3) is 0.320. The minimum Gasteiger partial charge on any atom is -0.353 e. The quantitative estimate of drug-likeness (QED) is 0.355. The number of H-pyrrole nitrogens is 1. The molecule has 4 aromatic rings. The van der Waals surface area contributed by atoms with Gasteiger partial charge >= 0.3 is 0 Å². The predicted molar refractivity (Wildman–Crippen MR) is 142 cm³/mol. The van der Waals surface area contributed by atoms with Crippen molar-refractivity contribution in [2.45, 2.75) is 25.2 Å². The molecule has 34 heavy (non-hydrogen) atoms. The maximum atomic E-state index is 14.0. The highest BCUT2D eigenvalue weighted by molar-refractivity contribution is 14.2. The lowest BCUT2D eigenvalue weighted by atomic mass is 9.79. The number of fused-ring (bicyclic) bond motifs is 4. The minimum atomic E-state index is -0.851. The summed E-state index contributed by atoms with van der Waals surface area (Å²) in [7, 11) is 0. The number of pyridine rings is 2. The van der Waals surface area contributed by atoms with Crippen LogP contribution in [0.25, 0.3) is 39.4 Å². The summed E-state index contributed by atoms with van der Waals surface area (Å²) in [4.78, 5) is 25.1. The van der Waals surface area contributed by atoms with E-state index in [1.807, 2.05) is 24.5 Å². The fourth-order valence-electron chi connectivity index (χ4n) is 5.14. The van der Waals surface area contributed by atoms with Gasteiger partial charge in [-0.3, -0.25) is 4.98 Å². The number of piperazine rings is 1. The second kappa shape index (κ2) is 8.16. The van der Waals surface area contributed by atoms with Gasteiger partial charge in [0.2, 0.25) is 0 Å². The first-order chi connectivity index (χ1) is 16.8. The van der Waals surface area contributed by atoms with Crippen molar-refractivity contribution in [3.63, 3.8) is 0 Å². The van der Waals surface area contributed by atoms with Gasteiger partial charge in [-0.15, -0.1) is 0 Å². The first-order valence-corrected chi connectivity index (χ1v) is 13.9. The second-order valence-corrected chi connectivity index (χ2v) is 11.7. The van der Waals surface area contributed by atoms with Crippen molar-refractivity contribution in [2.24, 2.45) is 0 Å². The van der Waals surface area contributed by atoms with Crippen LogP contribution in [-0.4, -0.2) is 54.9 Å². The number of nitrogens with zero attached hydrogens (tertiary/aromatic N) is 5. The standard InChI is InChI=1S/C25H23FIN7/c26-19-5-4-15-20-16(6-7-30-24(20)32-22(15)27-19)23-31-18-13-29-12-17(14-2-1-3-14)21(18)25(33-23)34-10-8-28-9-11-34/h4-7,12-14,28H,1-3,8-11H2,(H,30,32). The Bertz CT molecular complexity index is 1500. The zero-order valence-electron chi connectivity index (χ0n) is 18.5. The summed E-state index contributed by atoms with van der Waals surface area (Å²) in [6.07, 6.45) is 12.8. The zero-order valence-corrected chi connectivity index (χ0v) is 20.6. The maximum Gasteiger partial charge on any atom is 0.163 e. The van der Waals surface area contributed by atoms with Gasteiger partial charge in [0.1, 0.15) is 11.5 Å². The number of hydrogen-bond donors (Lipinski definition) is 2. The van der Waals surface area contributed by atoms with Crippen molar-refractivity contribution in [2.75, 3.05) is 31.1 Å². The Hall–Kier alpha value is -2.79. The molecule has 0 atom stereocenters. The van der Waals surface area contributed by atoms with Crippen LogP contribution in [0, 0.1) is 3.70 Å². The maximum absolute atomic E-state index is 14.0. The van der Waals surface area contributed by atoms with Crippen LogP contribution in [0.15, 0.2) is 30.7 Å². The molecule has 2 aliphatic heterocycles. The van der Waals surface area contributed by atoms with E-state index in [1.165, 1.54) is 24.8 Å². The van der Waals surface area contributed by atoms with Gasteiger partial charge in [-0.2, -0.15) is 0 Å². The number of anilines is 1. The largest absolute Gasteiger partial charge is 0.353 e. The summed E-state index contributed by atoms with van der Waals surface area (Å²) < 4.78 is 14.9. The molecule has 1 saturated carbocycles. The van der Waals surface area contributed by atoms with E-state index in [9.17, 15) is 4.39 Å². The number of nitrogens with one attached hydrogen (secondary N) is 2. The van der Waals surface area contributed by atoms with Crippen molar-refractivity contribution in [1.82, 2.24) is 30.2 Å². The third kappa shape index (κ3) is 3.28. The number of hydrogen-bond acceptors (Lipinski definition) is 6. The van der Waals surface area contributed by atoms with Crippen LogP contribution in [0.5, 0.6) is 0 Å². The Labute approximate surface area is 205 Å². The lowest BCUT2D eigenvalue weighted by Gasteiger charge is -2.32. The number of aromatic amines is 1. The molecule has 2 N–H and O–H groups in total. The molecule has 0 bridgehead atoms. The van der Waals surface area contributed by atoms with Crippen LogP contribution < -0.4 is 10.2 Å². The van der Waals surface area contributed by atoms with Gasteiger partial charge in [-0.25, -0.2) is 19.3 Å². The summed E-state index contributed by atoms with van der Waals surface area (Å²) in [6.45, 7) is 3.69. The average molecular weight is 567 g/mol. The molecule has 1 saturated heterocycles. The third-order valence-electron chi connectivity index (χ3n) is 7.07. The normalized spacial score (nSPS) is 18.5. The van der Waals surface area contributed by atoms with Gasteiger partial charge in [-0.1, -0.05) is 6.42 Å². The summed E-state index contributed by atoms with van der Waals surface area (Å²) in [5.74, 6) is 2.21. The molecule has 3 aliphatic rings. The molecule has 0 amide bonds. The van der Waals surface area contributed by atoms with E-state index in [1.54, 1.807) is 12.3 Å². The average Bonchev–Trinajstić information content (AvgIpc) is 3.20. The summed E-state index contributed by atoms with van der Waals surface area (Å²) >= 11 is -0.851. The highest BCUT2D eigenvalue weighted by atomic mass is 127. The molecule has 7 rings (SSSR count). The lowest BCUT2D eigenvalue weighted by Crippen LogP contribution is -2.44. The topological polar surface area (TPSA) is 82.6 Å². The van der Waals surface area contributed by atoms with Crippen LogP contribution in [0.4, 0.5) is 10.2 Å². The van der Waals surface area contributed by atoms with Gasteiger partial charge < -0.3 is 15.2 Å². The molecule has 0 aromatic carbocycles. The van der Waals surface area contributed by atoms with Crippen LogP contribution in [0.1, 0.15) is 36.3 Å². The zero-order chi connectivity index (χ0) is 22.6. The molecule has 9 heteroatoms. The fourth-order valence-corrected chi connectivity index (χ4v) is 7.14. The van der Waals surface area contributed by atoms with Crippen molar-refractivity contribution in [3.05, 3.63) is 45.6 Å². The Morgan fingerprint density at radius 3 is 2.76 bits per heavy atom. The van der Waals surface area contributed by atoms with Crippen molar-refractivity contribution in [3.8, 4) is 11.4 Å². The van der Waals surface area contributed by atoms with E-state index in [-0.39, 0.29) is 3.76 Å². The van der Waals surface area contributed by atoms with Crippen molar-refractivity contribution >= 4 is 58.3 Å². The van der Waals surface area contributed by atoms with Crippen LogP contribution in [-0.2, 0) is 0 Å². The van der Waals surface area contributed by atoms with Crippen molar-refractivity contribution < 1.29 is 4.39 Å². The SMILES string of the molecule is FC1=Ic2[nH]c3nccc(-c4nc(N5CCNCC5)c5c(C6CCC6)cncc5n4)c3c2C=C1. The lowest BCUT2D eigenvalue weighted by molar-refractivity contribution is 0.421. The molecule has 0 unspecified atom stereocenters. The van der Waals surface area contributed by atoms with E-state index in [2.05, 4.69) is 25.2 Å². The van der Waals surface area contributed by atoms with Gasteiger partial charge in [0.25, 0.3) is 0 Å². The molecule has 1 aliphatic carbocycles. The van der Waals surface area contributed by atoms with E-state index >= 15 is 0 Å². The number of aromatic nitrogens is 5. The van der Waals surface area contributed by atoms with Gasteiger partial charge in [-0.05, 0) is 63.3 Å². The Balaban J connectivity index is 1.48. The molecular weight excluding hydrogens is 544 g/mol. The first kappa shape index (κ1) is 20.6. The van der Waals surface area contributed by atoms with E-state index in [0.29, 0.717) is 11.7 Å².